The van der Waals surface area contributed by atoms with Crippen molar-refractivity contribution < 1.29 is 4.42 Å². The molecule has 0 bridgehead atoms. The van der Waals surface area contributed by atoms with Gasteiger partial charge in [-0.05, 0) is 49.3 Å². The molecule has 0 radical (unpaired) electrons. The van der Waals surface area contributed by atoms with E-state index in [9.17, 15) is 0 Å². The summed E-state index contributed by atoms with van der Waals surface area (Å²) < 4.78 is 5.18. The lowest BCUT2D eigenvalue weighted by atomic mass is 10.2. The van der Waals surface area contributed by atoms with Gasteiger partial charge in [-0.2, -0.15) is 0 Å². The molecule has 2 nitrogen and oxygen atoms in total. The smallest absolute Gasteiger partial charge is 0.193 e. The summed E-state index contributed by atoms with van der Waals surface area (Å²) in [4.78, 5) is 0. The van der Waals surface area contributed by atoms with Gasteiger partial charge in [-0.3, -0.25) is 0 Å². The van der Waals surface area contributed by atoms with Crippen molar-refractivity contribution in [3.05, 3.63) is 29.7 Å². The third-order valence-corrected chi connectivity index (χ3v) is 1.80. The molecule has 1 aromatic heterocycles. The summed E-state index contributed by atoms with van der Waals surface area (Å²) in [5, 5.41) is 3.45. The Kier molecular flexibility index (Phi) is 3.38. The van der Waals surface area contributed by atoms with E-state index in [0.29, 0.717) is 5.22 Å². The third-order valence-electron chi connectivity index (χ3n) is 1.60. The van der Waals surface area contributed by atoms with Gasteiger partial charge in [-0.15, -0.1) is 0 Å². The van der Waals surface area contributed by atoms with Crippen molar-refractivity contribution in [2.75, 3.05) is 13.6 Å². The second-order valence-corrected chi connectivity index (χ2v) is 2.93. The lowest BCUT2D eigenvalue weighted by Gasteiger charge is -2.00. The Morgan fingerprint density at radius 3 is 2.92 bits per heavy atom. The first-order valence-electron chi connectivity index (χ1n) is 3.82. The quantitative estimate of drug-likeness (QED) is 0.780. The Bertz CT molecular complexity index is 267. The fraction of sp³-hybridized carbons (Fsp3) is 0.333. The van der Waals surface area contributed by atoms with E-state index >= 15 is 0 Å². The molecular formula is C9H12ClNO. The Hall–Kier alpha value is -0.730. The second-order valence-electron chi connectivity index (χ2n) is 2.56. The van der Waals surface area contributed by atoms with Crippen LogP contribution < -0.4 is 5.32 Å². The number of furan rings is 1. The molecule has 3 heteroatoms. The van der Waals surface area contributed by atoms with Crippen molar-refractivity contribution in [3.8, 4) is 0 Å². The molecule has 0 amide bonds. The number of nitrogens with one attached hydrogen (secondary N) is 1. The molecular weight excluding hydrogens is 174 g/mol. The van der Waals surface area contributed by atoms with Crippen LogP contribution in [0.4, 0.5) is 0 Å². The molecule has 0 saturated carbocycles. The summed E-state index contributed by atoms with van der Waals surface area (Å²) in [6.07, 6.45) is 0.875. The van der Waals surface area contributed by atoms with E-state index in [2.05, 4.69) is 11.9 Å². The van der Waals surface area contributed by atoms with E-state index in [4.69, 9.17) is 16.0 Å². The number of rotatable bonds is 4. The standard InChI is InChI=1S/C9H12ClNO/c1-7(5-6-11-2)8-3-4-9(10)12-8/h3-4,11H,1,5-6H2,2H3. The minimum absolute atomic E-state index is 0.413. The number of halogens is 1. The van der Waals surface area contributed by atoms with Gasteiger partial charge in [0.25, 0.3) is 0 Å². The van der Waals surface area contributed by atoms with E-state index in [1.165, 1.54) is 0 Å². The Morgan fingerprint density at radius 2 is 2.42 bits per heavy atom. The van der Waals surface area contributed by atoms with Gasteiger partial charge in [-0.1, -0.05) is 6.58 Å². The Labute approximate surface area is 77.2 Å². The van der Waals surface area contributed by atoms with Crippen molar-refractivity contribution >= 4 is 17.2 Å². The zero-order valence-electron chi connectivity index (χ0n) is 7.06. The molecule has 1 aromatic rings. The minimum atomic E-state index is 0.413. The van der Waals surface area contributed by atoms with Gasteiger partial charge in [0.2, 0.25) is 0 Å². The highest BCUT2D eigenvalue weighted by atomic mass is 35.5. The molecule has 1 heterocycles. The summed E-state index contributed by atoms with van der Waals surface area (Å²) >= 11 is 5.62. The Morgan fingerprint density at radius 1 is 1.67 bits per heavy atom. The molecule has 0 spiro atoms. The summed E-state index contributed by atoms with van der Waals surface area (Å²) in [5.74, 6) is 0.773. The van der Waals surface area contributed by atoms with Gasteiger partial charge >= 0.3 is 0 Å². The highest BCUT2D eigenvalue weighted by Crippen LogP contribution is 2.21. The normalized spacial score (nSPS) is 10.2. The molecule has 0 atom stereocenters. The van der Waals surface area contributed by atoms with Crippen molar-refractivity contribution in [2.24, 2.45) is 0 Å². The second kappa shape index (κ2) is 4.33. The maximum absolute atomic E-state index is 5.62. The SMILES string of the molecule is C=C(CCNC)c1ccc(Cl)o1. The highest BCUT2D eigenvalue weighted by Gasteiger charge is 2.02. The predicted octanol–water partition coefficient (Wildman–Crippen LogP) is 2.56. The topological polar surface area (TPSA) is 25.2 Å². The van der Waals surface area contributed by atoms with E-state index in [0.717, 1.165) is 24.3 Å². The average Bonchev–Trinajstić information content (AvgIpc) is 2.47. The van der Waals surface area contributed by atoms with Gasteiger partial charge in [0, 0.05) is 0 Å². The van der Waals surface area contributed by atoms with E-state index in [1.807, 2.05) is 13.1 Å². The highest BCUT2D eigenvalue weighted by molar-refractivity contribution is 6.28. The number of hydrogen-bond acceptors (Lipinski definition) is 2. The molecule has 0 aliphatic heterocycles. The molecule has 66 valence electrons. The first-order valence-corrected chi connectivity index (χ1v) is 4.20. The largest absolute Gasteiger partial charge is 0.445 e. The molecule has 1 N–H and O–H groups in total. The first kappa shape index (κ1) is 9.36. The van der Waals surface area contributed by atoms with Crippen LogP contribution in [0.5, 0.6) is 0 Å². The molecule has 0 aliphatic rings. The van der Waals surface area contributed by atoms with Crippen molar-refractivity contribution in [1.29, 1.82) is 0 Å². The maximum atomic E-state index is 5.62. The van der Waals surface area contributed by atoms with Crippen molar-refractivity contribution in [1.82, 2.24) is 5.32 Å². The van der Waals surface area contributed by atoms with Gasteiger partial charge < -0.3 is 9.73 Å². The van der Waals surface area contributed by atoms with Crippen LogP contribution in [0.25, 0.3) is 5.57 Å². The lowest BCUT2D eigenvalue weighted by molar-refractivity contribution is 0.551. The first-order chi connectivity index (χ1) is 5.74. The summed E-state index contributed by atoms with van der Waals surface area (Å²) in [7, 11) is 1.91. The zero-order chi connectivity index (χ0) is 8.97. The summed E-state index contributed by atoms with van der Waals surface area (Å²) in [6.45, 7) is 4.78. The lowest BCUT2D eigenvalue weighted by Crippen LogP contribution is -2.07. The molecule has 12 heavy (non-hydrogen) atoms. The fourth-order valence-electron chi connectivity index (χ4n) is 0.903. The van der Waals surface area contributed by atoms with Crippen LogP contribution in [0.1, 0.15) is 12.2 Å². The van der Waals surface area contributed by atoms with Gasteiger partial charge in [0.05, 0.1) is 0 Å². The minimum Gasteiger partial charge on any atom is -0.445 e. The van der Waals surface area contributed by atoms with Gasteiger partial charge in [-0.25, -0.2) is 0 Å². The zero-order valence-corrected chi connectivity index (χ0v) is 7.82. The number of hydrogen-bond donors (Lipinski definition) is 1. The van der Waals surface area contributed by atoms with Crippen LogP contribution in [0.2, 0.25) is 5.22 Å². The van der Waals surface area contributed by atoms with E-state index in [1.54, 1.807) is 6.07 Å². The molecule has 0 saturated heterocycles. The average molecular weight is 186 g/mol. The van der Waals surface area contributed by atoms with Crippen LogP contribution >= 0.6 is 11.6 Å². The maximum Gasteiger partial charge on any atom is 0.193 e. The molecule has 0 aromatic carbocycles. The van der Waals surface area contributed by atoms with Gasteiger partial charge in [0.1, 0.15) is 5.76 Å². The molecule has 0 aliphatic carbocycles. The van der Waals surface area contributed by atoms with Crippen LogP contribution in [0, 0.1) is 0 Å². The van der Waals surface area contributed by atoms with Gasteiger partial charge in [0.15, 0.2) is 5.22 Å². The van der Waals surface area contributed by atoms with Crippen molar-refractivity contribution in [2.45, 2.75) is 6.42 Å². The third kappa shape index (κ3) is 2.40. The Balaban J connectivity index is 2.53. The molecule has 0 unspecified atom stereocenters. The predicted molar refractivity (Wildman–Crippen MR) is 51.3 cm³/mol. The van der Waals surface area contributed by atoms with Crippen LogP contribution in [0.15, 0.2) is 23.1 Å². The van der Waals surface area contributed by atoms with Crippen LogP contribution in [-0.2, 0) is 0 Å². The summed E-state index contributed by atoms with van der Waals surface area (Å²) in [6, 6.07) is 3.56. The summed E-state index contributed by atoms with van der Waals surface area (Å²) in [5.41, 5.74) is 0.969. The molecule has 0 fully saturated rings. The fourth-order valence-corrected chi connectivity index (χ4v) is 1.05. The monoisotopic (exact) mass is 185 g/mol. The van der Waals surface area contributed by atoms with Crippen LogP contribution in [-0.4, -0.2) is 13.6 Å². The molecule has 1 rings (SSSR count). The van der Waals surface area contributed by atoms with Crippen LogP contribution in [0.3, 0.4) is 0 Å². The van der Waals surface area contributed by atoms with E-state index < -0.39 is 0 Å². The van der Waals surface area contributed by atoms with Crippen molar-refractivity contribution in [3.63, 3.8) is 0 Å². The van der Waals surface area contributed by atoms with E-state index in [-0.39, 0.29) is 0 Å².